The highest BCUT2D eigenvalue weighted by Gasteiger charge is 2.22. The van der Waals surface area contributed by atoms with Crippen LogP contribution < -0.4 is 15.5 Å². The minimum atomic E-state index is -0.322. The van der Waals surface area contributed by atoms with E-state index in [9.17, 15) is 14.4 Å². The van der Waals surface area contributed by atoms with Crippen LogP contribution in [0.3, 0.4) is 0 Å². The van der Waals surface area contributed by atoms with Gasteiger partial charge in [-0.3, -0.25) is 14.4 Å². The highest BCUT2D eigenvalue weighted by atomic mass is 16.3. The van der Waals surface area contributed by atoms with E-state index in [0.717, 1.165) is 17.7 Å². The molecule has 3 aromatic rings. The number of hydrogen-bond acceptors (Lipinski definition) is 4. The SMILES string of the molecule is O=C(NCc1ccc(NC(=O)c2ccco2)cc1)c1cccc(N2CCCC2=O)c1. The van der Waals surface area contributed by atoms with Gasteiger partial charge in [-0.25, -0.2) is 0 Å². The van der Waals surface area contributed by atoms with Crippen LogP contribution in [0.5, 0.6) is 0 Å². The number of rotatable bonds is 6. The number of nitrogens with one attached hydrogen (secondary N) is 2. The molecule has 0 bridgehead atoms. The van der Waals surface area contributed by atoms with Crippen molar-refractivity contribution in [1.29, 1.82) is 0 Å². The molecule has 1 saturated heterocycles. The summed E-state index contributed by atoms with van der Waals surface area (Å²) in [4.78, 5) is 38.2. The molecule has 2 aromatic carbocycles. The Kier molecular flexibility index (Phi) is 5.61. The van der Waals surface area contributed by atoms with E-state index in [4.69, 9.17) is 4.42 Å². The minimum Gasteiger partial charge on any atom is -0.459 e. The summed E-state index contributed by atoms with van der Waals surface area (Å²) in [5, 5.41) is 5.63. The Morgan fingerprint density at radius 1 is 1.00 bits per heavy atom. The lowest BCUT2D eigenvalue weighted by molar-refractivity contribution is -0.117. The molecular weight excluding hydrogens is 382 g/mol. The third-order valence-electron chi connectivity index (χ3n) is 4.90. The Morgan fingerprint density at radius 2 is 1.83 bits per heavy atom. The van der Waals surface area contributed by atoms with Gasteiger partial charge in [-0.15, -0.1) is 0 Å². The molecule has 1 aliphatic heterocycles. The summed E-state index contributed by atoms with van der Waals surface area (Å²) in [6.45, 7) is 1.03. The van der Waals surface area contributed by atoms with Gasteiger partial charge < -0.3 is 20.0 Å². The number of furan rings is 1. The minimum absolute atomic E-state index is 0.0896. The maximum atomic E-state index is 12.5. The predicted octanol–water partition coefficient (Wildman–Crippen LogP) is 3.59. The molecule has 0 saturated carbocycles. The van der Waals surface area contributed by atoms with Crippen molar-refractivity contribution in [2.24, 2.45) is 0 Å². The van der Waals surface area contributed by atoms with Gasteiger partial charge in [0.05, 0.1) is 6.26 Å². The molecule has 0 atom stereocenters. The van der Waals surface area contributed by atoms with Crippen molar-refractivity contribution in [1.82, 2.24) is 5.32 Å². The number of anilines is 2. The number of carbonyl (C=O) groups is 3. The Bertz CT molecular complexity index is 1060. The normalized spacial score (nSPS) is 13.3. The Morgan fingerprint density at radius 3 is 2.53 bits per heavy atom. The average molecular weight is 403 g/mol. The fraction of sp³-hybridized carbons (Fsp3) is 0.174. The molecule has 0 unspecified atom stereocenters. The number of benzene rings is 2. The van der Waals surface area contributed by atoms with Crippen LogP contribution in [0, 0.1) is 0 Å². The average Bonchev–Trinajstić information content (AvgIpc) is 3.45. The molecule has 7 nitrogen and oxygen atoms in total. The quantitative estimate of drug-likeness (QED) is 0.658. The van der Waals surface area contributed by atoms with E-state index < -0.39 is 0 Å². The Balaban J connectivity index is 1.34. The highest BCUT2D eigenvalue weighted by molar-refractivity contribution is 6.02. The lowest BCUT2D eigenvalue weighted by atomic mass is 10.1. The Labute approximate surface area is 173 Å². The van der Waals surface area contributed by atoms with Gasteiger partial charge >= 0.3 is 0 Å². The molecule has 3 amide bonds. The van der Waals surface area contributed by atoms with E-state index in [1.165, 1.54) is 6.26 Å². The van der Waals surface area contributed by atoms with E-state index in [1.54, 1.807) is 47.4 Å². The molecule has 4 rings (SSSR count). The zero-order valence-corrected chi connectivity index (χ0v) is 16.3. The van der Waals surface area contributed by atoms with Crippen molar-refractivity contribution < 1.29 is 18.8 Å². The molecule has 0 aliphatic carbocycles. The molecule has 2 heterocycles. The molecule has 1 aliphatic rings. The third kappa shape index (κ3) is 4.41. The molecule has 0 spiro atoms. The molecule has 30 heavy (non-hydrogen) atoms. The smallest absolute Gasteiger partial charge is 0.291 e. The fourth-order valence-electron chi connectivity index (χ4n) is 3.33. The number of nitrogens with zero attached hydrogens (tertiary/aromatic N) is 1. The van der Waals surface area contributed by atoms with Gasteiger partial charge in [0.1, 0.15) is 0 Å². The van der Waals surface area contributed by atoms with Crippen LogP contribution in [0.4, 0.5) is 11.4 Å². The predicted molar refractivity (Wildman–Crippen MR) is 112 cm³/mol. The van der Waals surface area contributed by atoms with Gasteiger partial charge in [0.2, 0.25) is 5.91 Å². The van der Waals surface area contributed by atoms with Crippen LogP contribution >= 0.6 is 0 Å². The van der Waals surface area contributed by atoms with Gasteiger partial charge in [-0.1, -0.05) is 18.2 Å². The second kappa shape index (κ2) is 8.65. The van der Waals surface area contributed by atoms with Crippen LogP contribution in [0.25, 0.3) is 0 Å². The largest absolute Gasteiger partial charge is 0.459 e. The Hall–Kier alpha value is -3.87. The van der Waals surface area contributed by atoms with Crippen LogP contribution in [-0.4, -0.2) is 24.3 Å². The first-order valence-electron chi connectivity index (χ1n) is 9.72. The van der Waals surface area contributed by atoms with Crippen molar-refractivity contribution in [3.05, 3.63) is 83.8 Å². The van der Waals surface area contributed by atoms with E-state index in [2.05, 4.69) is 10.6 Å². The summed E-state index contributed by atoms with van der Waals surface area (Å²) in [5.41, 5.74) is 2.79. The fourth-order valence-corrected chi connectivity index (χ4v) is 3.33. The first-order valence-corrected chi connectivity index (χ1v) is 9.72. The molecule has 1 fully saturated rings. The van der Waals surface area contributed by atoms with Crippen molar-refractivity contribution in [2.75, 3.05) is 16.8 Å². The second-order valence-electron chi connectivity index (χ2n) is 7.01. The zero-order chi connectivity index (χ0) is 20.9. The molecule has 152 valence electrons. The lowest BCUT2D eigenvalue weighted by Gasteiger charge is -2.16. The van der Waals surface area contributed by atoms with E-state index in [-0.39, 0.29) is 23.5 Å². The molecule has 1 aromatic heterocycles. The topological polar surface area (TPSA) is 91.7 Å². The second-order valence-corrected chi connectivity index (χ2v) is 7.01. The molecule has 0 radical (unpaired) electrons. The summed E-state index contributed by atoms with van der Waals surface area (Å²) in [6, 6.07) is 17.5. The molecule has 2 N–H and O–H groups in total. The van der Waals surface area contributed by atoms with Crippen LogP contribution in [0.2, 0.25) is 0 Å². The van der Waals surface area contributed by atoms with Gasteiger partial charge in [0, 0.05) is 36.4 Å². The van der Waals surface area contributed by atoms with Crippen molar-refractivity contribution in [3.63, 3.8) is 0 Å². The first kappa shape index (κ1) is 19.4. The molecular formula is C23H21N3O4. The van der Waals surface area contributed by atoms with Crippen molar-refractivity contribution >= 4 is 29.1 Å². The van der Waals surface area contributed by atoms with Crippen molar-refractivity contribution in [3.8, 4) is 0 Å². The van der Waals surface area contributed by atoms with Gasteiger partial charge in [0.25, 0.3) is 11.8 Å². The van der Waals surface area contributed by atoms with Gasteiger partial charge in [-0.05, 0) is 54.4 Å². The van der Waals surface area contributed by atoms with Crippen LogP contribution in [-0.2, 0) is 11.3 Å². The van der Waals surface area contributed by atoms with Gasteiger partial charge in [-0.2, -0.15) is 0 Å². The zero-order valence-electron chi connectivity index (χ0n) is 16.3. The van der Waals surface area contributed by atoms with Gasteiger partial charge in [0.15, 0.2) is 5.76 Å². The van der Waals surface area contributed by atoms with Crippen molar-refractivity contribution in [2.45, 2.75) is 19.4 Å². The van der Waals surface area contributed by atoms with Crippen LogP contribution in [0.15, 0.2) is 71.3 Å². The van der Waals surface area contributed by atoms with E-state index >= 15 is 0 Å². The highest BCUT2D eigenvalue weighted by Crippen LogP contribution is 2.22. The first-order chi connectivity index (χ1) is 14.6. The van der Waals surface area contributed by atoms with E-state index in [1.807, 2.05) is 18.2 Å². The summed E-state index contributed by atoms with van der Waals surface area (Å²) < 4.78 is 5.06. The summed E-state index contributed by atoms with van der Waals surface area (Å²) in [7, 11) is 0. The third-order valence-corrected chi connectivity index (χ3v) is 4.90. The number of carbonyl (C=O) groups excluding carboxylic acids is 3. The maximum Gasteiger partial charge on any atom is 0.291 e. The summed E-state index contributed by atoms with van der Waals surface area (Å²) in [5.74, 6) is -0.202. The summed E-state index contributed by atoms with van der Waals surface area (Å²) in [6.07, 6.45) is 2.83. The number of amides is 3. The maximum absolute atomic E-state index is 12.5. The number of hydrogen-bond donors (Lipinski definition) is 2. The van der Waals surface area contributed by atoms with Crippen LogP contribution in [0.1, 0.15) is 39.3 Å². The molecule has 7 heteroatoms. The lowest BCUT2D eigenvalue weighted by Crippen LogP contribution is -2.25. The van der Waals surface area contributed by atoms with E-state index in [0.29, 0.717) is 30.8 Å². The monoisotopic (exact) mass is 403 g/mol. The standard InChI is InChI=1S/C23H21N3O4/c27-21-7-2-12-26(21)19-5-1-4-17(14-19)22(28)24-15-16-8-10-18(11-9-16)25-23(29)20-6-3-13-30-20/h1,3-6,8-11,13-14H,2,7,12,15H2,(H,24,28)(H,25,29). The summed E-state index contributed by atoms with van der Waals surface area (Å²) >= 11 is 0.